The number of imidazole rings is 1. The van der Waals surface area contributed by atoms with Crippen LogP contribution in [0, 0.1) is 19.7 Å². The van der Waals surface area contributed by atoms with Crippen molar-refractivity contribution < 1.29 is 4.39 Å². The van der Waals surface area contributed by atoms with E-state index >= 15 is 0 Å². The normalized spacial score (nSPS) is 12.0. The van der Waals surface area contributed by atoms with Gasteiger partial charge in [0.05, 0.1) is 11.1 Å². The minimum atomic E-state index is -0.264. The fourth-order valence-corrected chi connectivity index (χ4v) is 4.81. The number of hydrogen-bond donors (Lipinski definition) is 2. The molecule has 0 unspecified atom stereocenters. The van der Waals surface area contributed by atoms with Crippen LogP contribution in [0.3, 0.4) is 0 Å². The van der Waals surface area contributed by atoms with Crippen LogP contribution in [-0.2, 0) is 6.42 Å². The Balaban J connectivity index is 1.54. The van der Waals surface area contributed by atoms with Gasteiger partial charge in [0, 0.05) is 41.0 Å². The van der Waals surface area contributed by atoms with Gasteiger partial charge in [-0.05, 0) is 88.3 Å². The smallest absolute Gasteiger partial charge is 0.181 e. The molecule has 4 heterocycles. The summed E-state index contributed by atoms with van der Waals surface area (Å²) < 4.78 is 14.7. The van der Waals surface area contributed by atoms with E-state index in [-0.39, 0.29) is 5.82 Å². The number of aromatic nitrogens is 6. The Labute approximate surface area is 227 Å². The first-order valence-corrected chi connectivity index (χ1v) is 12.9. The first-order chi connectivity index (χ1) is 18.8. The second-order valence-electron chi connectivity index (χ2n) is 10.0. The van der Waals surface area contributed by atoms with Crippen molar-refractivity contribution in [3.05, 3.63) is 102 Å². The van der Waals surface area contributed by atoms with E-state index in [1.54, 1.807) is 30.6 Å². The van der Waals surface area contributed by atoms with Gasteiger partial charge in [0.2, 0.25) is 0 Å². The SMILES string of the molecule is C=C/C=C(/c1cc(F)cc(CCCN(C)C)c1)c1nc(-c2[nH]nc3ncc(-c4cnccc4C)cc23)[nH]c1C. The van der Waals surface area contributed by atoms with Crippen molar-refractivity contribution in [1.29, 1.82) is 0 Å². The third kappa shape index (κ3) is 5.56. The van der Waals surface area contributed by atoms with Crippen LogP contribution >= 0.6 is 0 Å². The van der Waals surface area contributed by atoms with Crippen molar-refractivity contribution in [2.45, 2.75) is 26.7 Å². The van der Waals surface area contributed by atoms with Gasteiger partial charge in [0.1, 0.15) is 11.5 Å². The summed E-state index contributed by atoms with van der Waals surface area (Å²) in [5.74, 6) is 0.365. The van der Waals surface area contributed by atoms with Gasteiger partial charge in [-0.2, -0.15) is 5.10 Å². The molecule has 39 heavy (non-hydrogen) atoms. The Hall–Kier alpha value is -4.43. The van der Waals surface area contributed by atoms with Crippen LogP contribution in [0.25, 0.3) is 39.3 Å². The lowest BCUT2D eigenvalue weighted by Crippen LogP contribution is -2.13. The van der Waals surface area contributed by atoms with Gasteiger partial charge in [-0.25, -0.2) is 14.4 Å². The Morgan fingerprint density at radius 2 is 1.97 bits per heavy atom. The molecule has 0 amide bonds. The van der Waals surface area contributed by atoms with Crippen LogP contribution in [0.2, 0.25) is 0 Å². The molecular weight excluding hydrogens is 489 g/mol. The molecule has 0 radical (unpaired) electrons. The van der Waals surface area contributed by atoms with Gasteiger partial charge in [0.25, 0.3) is 0 Å². The maximum atomic E-state index is 14.7. The highest BCUT2D eigenvalue weighted by atomic mass is 19.1. The standard InChI is InChI=1S/C31H32FN7/c1-6-8-25(22-13-21(14-24(32)15-22)9-7-12-39(4)5)28-20(3)35-31(36-28)29-26-16-23(17-34-30(26)38-37-29)27-18-33-11-10-19(27)2/h6,8,10-11,13-18H,1,7,9,12H2,2-5H3,(H,35,36)(H,34,37,38)/b25-8-. The minimum absolute atomic E-state index is 0.264. The zero-order valence-corrected chi connectivity index (χ0v) is 22.7. The fourth-order valence-electron chi connectivity index (χ4n) is 4.81. The molecule has 0 fully saturated rings. The molecule has 198 valence electrons. The van der Waals surface area contributed by atoms with Gasteiger partial charge >= 0.3 is 0 Å². The van der Waals surface area contributed by atoms with E-state index in [0.717, 1.165) is 75.2 Å². The van der Waals surface area contributed by atoms with E-state index in [4.69, 9.17) is 4.98 Å². The van der Waals surface area contributed by atoms with Crippen molar-refractivity contribution in [2.24, 2.45) is 0 Å². The lowest BCUT2D eigenvalue weighted by molar-refractivity contribution is 0.400. The summed E-state index contributed by atoms with van der Waals surface area (Å²) in [6, 6.07) is 9.23. The van der Waals surface area contributed by atoms with Crippen LogP contribution in [0.5, 0.6) is 0 Å². The molecule has 4 aromatic heterocycles. The maximum absolute atomic E-state index is 14.7. The average molecular weight is 522 g/mol. The van der Waals surface area contributed by atoms with E-state index in [9.17, 15) is 4.39 Å². The van der Waals surface area contributed by atoms with E-state index in [1.807, 2.05) is 52.3 Å². The molecule has 5 rings (SSSR count). The zero-order chi connectivity index (χ0) is 27.5. The number of benzene rings is 1. The number of H-pyrrole nitrogens is 2. The summed E-state index contributed by atoms with van der Waals surface area (Å²) in [5, 5.41) is 8.35. The number of aromatic amines is 2. The van der Waals surface area contributed by atoms with Crippen LogP contribution in [0.4, 0.5) is 4.39 Å². The third-order valence-corrected chi connectivity index (χ3v) is 6.76. The number of allylic oxidation sites excluding steroid dienone is 2. The first kappa shape index (κ1) is 26.2. The second-order valence-corrected chi connectivity index (χ2v) is 10.0. The number of rotatable bonds is 9. The van der Waals surface area contributed by atoms with Crippen molar-refractivity contribution in [3.8, 4) is 22.6 Å². The Morgan fingerprint density at radius 1 is 1.13 bits per heavy atom. The fraction of sp³-hybridized carbons (Fsp3) is 0.226. The van der Waals surface area contributed by atoms with Crippen molar-refractivity contribution in [3.63, 3.8) is 0 Å². The number of aryl methyl sites for hydroxylation is 3. The molecule has 0 saturated heterocycles. The molecular formula is C31H32FN7. The van der Waals surface area contributed by atoms with Gasteiger partial charge in [0.15, 0.2) is 11.5 Å². The predicted molar refractivity (Wildman–Crippen MR) is 155 cm³/mol. The maximum Gasteiger partial charge on any atom is 0.181 e. The summed E-state index contributed by atoms with van der Waals surface area (Å²) >= 11 is 0. The summed E-state index contributed by atoms with van der Waals surface area (Å²) in [6.45, 7) is 8.85. The summed E-state index contributed by atoms with van der Waals surface area (Å²) in [6.07, 6.45) is 10.7. The molecule has 0 aliphatic heterocycles. The molecule has 7 nitrogen and oxygen atoms in total. The molecule has 0 aliphatic carbocycles. The van der Waals surface area contributed by atoms with E-state index in [2.05, 4.69) is 42.7 Å². The number of halogens is 1. The predicted octanol–water partition coefficient (Wildman–Crippen LogP) is 6.28. The molecule has 0 bridgehead atoms. The number of nitrogens with zero attached hydrogens (tertiary/aromatic N) is 5. The first-order valence-electron chi connectivity index (χ1n) is 12.9. The van der Waals surface area contributed by atoms with Crippen molar-refractivity contribution in [2.75, 3.05) is 20.6 Å². The molecule has 0 spiro atoms. The lowest BCUT2D eigenvalue weighted by Gasteiger charge is -2.11. The van der Waals surface area contributed by atoms with Gasteiger partial charge in [-0.1, -0.05) is 24.8 Å². The monoisotopic (exact) mass is 521 g/mol. The summed E-state index contributed by atoms with van der Waals surface area (Å²) in [5.41, 5.74) is 8.51. The van der Waals surface area contributed by atoms with Crippen molar-refractivity contribution in [1.82, 2.24) is 35.0 Å². The molecule has 2 N–H and O–H groups in total. The van der Waals surface area contributed by atoms with Crippen LogP contribution in [0.15, 0.2) is 67.7 Å². The quantitative estimate of drug-likeness (QED) is 0.223. The molecule has 0 atom stereocenters. The highest BCUT2D eigenvalue weighted by Crippen LogP contribution is 2.32. The zero-order valence-electron chi connectivity index (χ0n) is 22.7. The lowest BCUT2D eigenvalue weighted by atomic mass is 9.97. The average Bonchev–Trinajstić information content (AvgIpc) is 3.49. The molecule has 1 aromatic carbocycles. The van der Waals surface area contributed by atoms with Gasteiger partial charge < -0.3 is 9.88 Å². The van der Waals surface area contributed by atoms with Crippen molar-refractivity contribution >= 4 is 16.6 Å². The van der Waals surface area contributed by atoms with Crippen LogP contribution in [0.1, 0.15) is 34.5 Å². The van der Waals surface area contributed by atoms with E-state index in [1.165, 1.54) is 0 Å². The van der Waals surface area contributed by atoms with E-state index in [0.29, 0.717) is 11.5 Å². The highest BCUT2D eigenvalue weighted by molar-refractivity contribution is 5.92. The van der Waals surface area contributed by atoms with Gasteiger partial charge in [-0.3, -0.25) is 10.1 Å². The molecule has 8 heteroatoms. The summed E-state index contributed by atoms with van der Waals surface area (Å²) in [7, 11) is 4.08. The molecule has 0 aliphatic rings. The Morgan fingerprint density at radius 3 is 2.74 bits per heavy atom. The Kier molecular flexibility index (Phi) is 7.47. The highest BCUT2D eigenvalue weighted by Gasteiger charge is 2.19. The minimum Gasteiger partial charge on any atom is -0.340 e. The van der Waals surface area contributed by atoms with Crippen LogP contribution < -0.4 is 0 Å². The molecule has 0 saturated carbocycles. The Bertz CT molecular complexity index is 1680. The van der Waals surface area contributed by atoms with Crippen LogP contribution in [-0.4, -0.2) is 55.7 Å². The van der Waals surface area contributed by atoms with Gasteiger partial charge in [-0.15, -0.1) is 0 Å². The third-order valence-electron chi connectivity index (χ3n) is 6.76. The number of nitrogens with one attached hydrogen (secondary N) is 2. The summed E-state index contributed by atoms with van der Waals surface area (Å²) in [4.78, 5) is 19.3. The molecule has 5 aromatic rings. The number of pyridine rings is 2. The van der Waals surface area contributed by atoms with E-state index < -0.39 is 0 Å². The second kappa shape index (κ2) is 11.1. The topological polar surface area (TPSA) is 86.4 Å². The number of hydrogen-bond acceptors (Lipinski definition) is 5. The largest absolute Gasteiger partial charge is 0.340 e. The number of fused-ring (bicyclic) bond motifs is 1.